The fraction of sp³-hybridized carbons (Fsp3) is 0.148. The molecule has 3 atom stereocenters. The molecule has 7 aromatic rings. The second-order valence-electron chi connectivity index (χ2n) is 14.8. The molecule has 0 spiro atoms. The van der Waals surface area contributed by atoms with Gasteiger partial charge in [-0.3, -0.25) is 0 Å². The van der Waals surface area contributed by atoms with Crippen molar-refractivity contribution in [3.8, 4) is 11.1 Å². The van der Waals surface area contributed by atoms with Crippen LogP contribution in [0.15, 0.2) is 204 Å². The highest BCUT2D eigenvalue weighted by Crippen LogP contribution is 2.45. The van der Waals surface area contributed by atoms with Crippen LogP contribution in [-0.4, -0.2) is 11.5 Å². The predicted octanol–water partition coefficient (Wildman–Crippen LogP) is 14.4. The van der Waals surface area contributed by atoms with E-state index in [0.29, 0.717) is 11.8 Å². The summed E-state index contributed by atoms with van der Waals surface area (Å²) >= 11 is 0. The minimum Gasteiger partial charge on any atom is -0.232 e. The molecular weight excluding hydrogens is 677 g/mol. The van der Waals surface area contributed by atoms with Gasteiger partial charge in [-0.1, -0.05) is 191 Å². The molecule has 0 bridgehead atoms. The van der Waals surface area contributed by atoms with Gasteiger partial charge in [0.25, 0.3) is 0 Å². The standard InChI is InChI=1S/C54H48N2/c1-4-38(3)53(43-22-14-8-15-23-43)56-54(44-24-16-9-17-25-44)55-49-32-30-39(31-33-49)45-28-26-40-27-29-46(35-47(40)34-45)48-36-51(41-18-10-6-11-19-41)50(5-2)52(37-48)42-20-12-7-13-21-42/h6-38,50-51H,4-5H2,1-3H3/b55-54-,56-53+. The molecular formula is C54H48N2. The molecule has 2 heteroatoms. The molecule has 0 aliphatic heterocycles. The Bertz CT molecular complexity index is 2530. The SMILES string of the molecule is CCC(C)/C(=N\C(=N/c1ccc(-c2ccc3ccc(C4=CC(c5ccccc5)C(CC)C(c5ccccc5)=C4)cc3c2)cc1)c1ccccc1)c1ccccc1. The van der Waals surface area contributed by atoms with Crippen LogP contribution in [0.1, 0.15) is 67.3 Å². The largest absolute Gasteiger partial charge is 0.232 e. The number of hydrogen-bond donors (Lipinski definition) is 0. The molecule has 0 radical (unpaired) electrons. The van der Waals surface area contributed by atoms with Crippen molar-refractivity contribution in [2.24, 2.45) is 21.8 Å². The molecule has 7 aromatic carbocycles. The molecule has 0 fully saturated rings. The third kappa shape index (κ3) is 8.02. The van der Waals surface area contributed by atoms with Crippen molar-refractivity contribution in [2.75, 3.05) is 0 Å². The monoisotopic (exact) mass is 724 g/mol. The van der Waals surface area contributed by atoms with Crippen molar-refractivity contribution in [2.45, 2.75) is 39.5 Å². The van der Waals surface area contributed by atoms with Crippen LogP contribution in [0.3, 0.4) is 0 Å². The summed E-state index contributed by atoms with van der Waals surface area (Å²) in [6, 6.07) is 65.0. The van der Waals surface area contributed by atoms with Crippen LogP contribution >= 0.6 is 0 Å². The quantitative estimate of drug-likeness (QED) is 0.0991. The fourth-order valence-electron chi connectivity index (χ4n) is 7.98. The first kappa shape index (κ1) is 36.6. The molecule has 0 saturated heterocycles. The predicted molar refractivity (Wildman–Crippen MR) is 240 cm³/mol. The highest BCUT2D eigenvalue weighted by molar-refractivity contribution is 6.13. The van der Waals surface area contributed by atoms with Gasteiger partial charge in [0.15, 0.2) is 5.84 Å². The summed E-state index contributed by atoms with van der Waals surface area (Å²) in [6.07, 6.45) is 7.00. The lowest BCUT2D eigenvalue weighted by molar-refractivity contribution is 0.577. The highest BCUT2D eigenvalue weighted by Gasteiger charge is 2.28. The van der Waals surface area contributed by atoms with Gasteiger partial charge < -0.3 is 0 Å². The Hall–Kier alpha value is -6.38. The third-order valence-corrected chi connectivity index (χ3v) is 11.3. The Balaban J connectivity index is 1.14. The molecule has 1 aliphatic rings. The number of fused-ring (bicyclic) bond motifs is 1. The van der Waals surface area contributed by atoms with Crippen LogP contribution in [0.4, 0.5) is 5.69 Å². The molecule has 0 amide bonds. The Morgan fingerprint density at radius 3 is 1.77 bits per heavy atom. The molecule has 0 heterocycles. The van der Waals surface area contributed by atoms with E-state index in [1.54, 1.807) is 0 Å². The lowest BCUT2D eigenvalue weighted by Crippen LogP contribution is -2.16. The summed E-state index contributed by atoms with van der Waals surface area (Å²) in [4.78, 5) is 10.4. The van der Waals surface area contributed by atoms with Crippen molar-refractivity contribution < 1.29 is 0 Å². The molecule has 8 rings (SSSR count). The topological polar surface area (TPSA) is 24.7 Å². The number of benzene rings is 7. The average Bonchev–Trinajstić information content (AvgIpc) is 3.28. The molecule has 0 saturated carbocycles. The maximum absolute atomic E-state index is 5.25. The van der Waals surface area contributed by atoms with Crippen LogP contribution in [0, 0.1) is 11.8 Å². The lowest BCUT2D eigenvalue weighted by Gasteiger charge is -2.32. The Morgan fingerprint density at radius 2 is 1.12 bits per heavy atom. The average molecular weight is 725 g/mol. The van der Waals surface area contributed by atoms with Gasteiger partial charge >= 0.3 is 0 Å². The van der Waals surface area contributed by atoms with E-state index in [2.05, 4.69) is 197 Å². The summed E-state index contributed by atoms with van der Waals surface area (Å²) in [7, 11) is 0. The number of allylic oxidation sites excluding steroid dienone is 4. The minimum absolute atomic E-state index is 0.289. The summed E-state index contributed by atoms with van der Waals surface area (Å²) in [5.74, 6) is 1.71. The first-order valence-corrected chi connectivity index (χ1v) is 20.0. The number of nitrogens with zero attached hydrogens (tertiary/aromatic N) is 2. The van der Waals surface area contributed by atoms with Gasteiger partial charge in [-0.2, -0.15) is 0 Å². The second-order valence-corrected chi connectivity index (χ2v) is 14.8. The van der Waals surface area contributed by atoms with Gasteiger partial charge in [0, 0.05) is 11.5 Å². The maximum Gasteiger partial charge on any atom is 0.160 e. The van der Waals surface area contributed by atoms with Gasteiger partial charge in [0.1, 0.15) is 0 Å². The second kappa shape index (κ2) is 17.0. The van der Waals surface area contributed by atoms with Crippen LogP contribution in [-0.2, 0) is 0 Å². The highest BCUT2D eigenvalue weighted by atomic mass is 14.9. The first-order valence-electron chi connectivity index (χ1n) is 20.0. The van der Waals surface area contributed by atoms with E-state index < -0.39 is 0 Å². The molecule has 3 unspecified atom stereocenters. The summed E-state index contributed by atoms with van der Waals surface area (Å²) in [5.41, 5.74) is 13.0. The van der Waals surface area contributed by atoms with Gasteiger partial charge in [0.2, 0.25) is 0 Å². The zero-order valence-corrected chi connectivity index (χ0v) is 32.5. The molecule has 56 heavy (non-hydrogen) atoms. The summed E-state index contributed by atoms with van der Waals surface area (Å²) in [6.45, 7) is 6.77. The molecule has 2 nitrogen and oxygen atoms in total. The third-order valence-electron chi connectivity index (χ3n) is 11.3. The van der Waals surface area contributed by atoms with E-state index in [1.807, 2.05) is 18.2 Å². The molecule has 0 N–H and O–H groups in total. The Kier molecular flexibility index (Phi) is 11.1. The van der Waals surface area contributed by atoms with E-state index >= 15 is 0 Å². The van der Waals surface area contributed by atoms with Crippen molar-refractivity contribution in [3.63, 3.8) is 0 Å². The van der Waals surface area contributed by atoms with Crippen LogP contribution in [0.2, 0.25) is 0 Å². The number of amidine groups is 1. The van der Waals surface area contributed by atoms with Gasteiger partial charge in [-0.15, -0.1) is 0 Å². The van der Waals surface area contributed by atoms with Crippen LogP contribution in [0.25, 0.3) is 33.0 Å². The zero-order chi connectivity index (χ0) is 38.3. The molecule has 274 valence electrons. The van der Waals surface area contributed by atoms with E-state index in [-0.39, 0.29) is 5.92 Å². The van der Waals surface area contributed by atoms with Crippen molar-refractivity contribution in [3.05, 3.63) is 222 Å². The van der Waals surface area contributed by atoms with E-state index in [9.17, 15) is 0 Å². The zero-order valence-electron chi connectivity index (χ0n) is 32.5. The smallest absolute Gasteiger partial charge is 0.160 e. The summed E-state index contributed by atoms with van der Waals surface area (Å²) in [5, 5.41) is 2.46. The first-order chi connectivity index (χ1) is 27.6. The lowest BCUT2D eigenvalue weighted by atomic mass is 9.72. The number of hydrogen-bond acceptors (Lipinski definition) is 1. The molecule has 1 aliphatic carbocycles. The van der Waals surface area contributed by atoms with E-state index in [1.165, 1.54) is 44.2 Å². The Morgan fingerprint density at radius 1 is 0.554 bits per heavy atom. The van der Waals surface area contributed by atoms with Crippen molar-refractivity contribution >= 4 is 39.2 Å². The normalized spacial score (nSPS) is 16.6. The minimum atomic E-state index is 0.289. The summed E-state index contributed by atoms with van der Waals surface area (Å²) < 4.78 is 0. The number of rotatable bonds is 10. The van der Waals surface area contributed by atoms with Crippen LogP contribution < -0.4 is 0 Å². The fourth-order valence-corrected chi connectivity index (χ4v) is 7.98. The maximum atomic E-state index is 5.25. The number of aliphatic imine (C=N–C) groups is 2. The van der Waals surface area contributed by atoms with Gasteiger partial charge in [0.05, 0.1) is 11.4 Å². The van der Waals surface area contributed by atoms with Gasteiger partial charge in [-0.05, 0) is 104 Å². The van der Waals surface area contributed by atoms with Crippen molar-refractivity contribution in [1.29, 1.82) is 0 Å². The Labute approximate surface area is 332 Å². The van der Waals surface area contributed by atoms with E-state index in [4.69, 9.17) is 9.98 Å². The van der Waals surface area contributed by atoms with E-state index in [0.717, 1.165) is 46.8 Å². The van der Waals surface area contributed by atoms with Crippen molar-refractivity contribution in [1.82, 2.24) is 0 Å². The molecule has 0 aromatic heterocycles. The van der Waals surface area contributed by atoms with Gasteiger partial charge in [-0.25, -0.2) is 9.98 Å². The van der Waals surface area contributed by atoms with Crippen LogP contribution in [0.5, 0.6) is 0 Å².